The zero-order valence-corrected chi connectivity index (χ0v) is 17.4. The molecule has 0 spiro atoms. The maximum Gasteiger partial charge on any atom is 0.237 e. The van der Waals surface area contributed by atoms with E-state index in [4.69, 9.17) is 0 Å². The monoisotopic (exact) mass is 384 g/mol. The number of hydrogen-bond donors (Lipinski definition) is 2. The maximum atomic E-state index is 12.4. The van der Waals surface area contributed by atoms with Crippen molar-refractivity contribution >= 4 is 35.0 Å². The van der Waals surface area contributed by atoms with E-state index in [1.807, 2.05) is 83.1 Å². The van der Waals surface area contributed by atoms with Gasteiger partial charge in [-0.25, -0.2) is 0 Å². The molecule has 0 aliphatic carbocycles. The number of rotatable bonds is 6. The van der Waals surface area contributed by atoms with Gasteiger partial charge in [-0.3, -0.25) is 9.59 Å². The molecule has 0 saturated carbocycles. The molecule has 27 heavy (non-hydrogen) atoms. The molecular weight excluding hydrogens is 356 g/mol. The summed E-state index contributed by atoms with van der Waals surface area (Å²) in [6.45, 7) is 9.97. The predicted octanol–water partition coefficient (Wildman–Crippen LogP) is 5.49. The lowest BCUT2D eigenvalue weighted by atomic mass is 9.92. The number of aryl methyl sites for hydroxylation is 1. The van der Waals surface area contributed by atoms with Gasteiger partial charge in [0.2, 0.25) is 11.8 Å². The first-order valence-electron chi connectivity index (χ1n) is 9.06. The number of thioether (sulfide) groups is 1. The summed E-state index contributed by atoms with van der Waals surface area (Å²) < 4.78 is 0. The molecule has 0 radical (unpaired) electrons. The molecule has 5 heteroatoms. The lowest BCUT2D eigenvalue weighted by Crippen LogP contribution is -2.22. The highest BCUT2D eigenvalue weighted by molar-refractivity contribution is 8.00. The van der Waals surface area contributed by atoms with Crippen LogP contribution in [0.15, 0.2) is 53.4 Å². The second-order valence-electron chi connectivity index (χ2n) is 7.93. The fourth-order valence-electron chi connectivity index (χ4n) is 2.56. The van der Waals surface area contributed by atoms with Crippen LogP contribution in [-0.2, 0) is 9.59 Å². The van der Waals surface area contributed by atoms with E-state index in [2.05, 4.69) is 10.6 Å². The molecule has 1 atom stereocenters. The van der Waals surface area contributed by atoms with Gasteiger partial charge in [-0.1, -0.05) is 39.0 Å². The smallest absolute Gasteiger partial charge is 0.237 e. The van der Waals surface area contributed by atoms with Crippen LogP contribution in [0.4, 0.5) is 11.4 Å². The van der Waals surface area contributed by atoms with Crippen LogP contribution in [0.5, 0.6) is 0 Å². The Hall–Kier alpha value is -2.27. The SMILES string of the molecule is Cc1cccc(NC(=O)C(C)Sc2cccc(NC(=O)CC(C)(C)C)c2)c1. The molecule has 0 aromatic heterocycles. The third-order valence-electron chi connectivity index (χ3n) is 3.78. The van der Waals surface area contributed by atoms with Gasteiger partial charge < -0.3 is 10.6 Å². The molecule has 2 amide bonds. The van der Waals surface area contributed by atoms with Crippen LogP contribution < -0.4 is 10.6 Å². The van der Waals surface area contributed by atoms with Gasteiger partial charge in [-0.05, 0) is 55.2 Å². The quantitative estimate of drug-likeness (QED) is 0.648. The van der Waals surface area contributed by atoms with Crippen LogP contribution >= 0.6 is 11.8 Å². The standard InChI is InChI=1S/C22H28N2O2S/c1-15-8-6-9-17(12-15)24-21(26)16(2)27-19-11-7-10-18(13-19)23-20(25)14-22(3,4)5/h6-13,16H,14H2,1-5H3,(H,23,25)(H,24,26). The third kappa shape index (κ3) is 7.47. The Balaban J connectivity index is 1.96. The Labute approximate surface area is 166 Å². The number of anilines is 2. The summed E-state index contributed by atoms with van der Waals surface area (Å²) in [5.41, 5.74) is 2.60. The topological polar surface area (TPSA) is 58.2 Å². The minimum Gasteiger partial charge on any atom is -0.326 e. The van der Waals surface area contributed by atoms with Crippen molar-refractivity contribution in [1.82, 2.24) is 0 Å². The number of hydrogen-bond acceptors (Lipinski definition) is 3. The van der Waals surface area contributed by atoms with Crippen molar-refractivity contribution in [2.45, 2.75) is 51.2 Å². The Kier molecular flexibility index (Phi) is 7.08. The Bertz CT molecular complexity index is 812. The zero-order chi connectivity index (χ0) is 20.0. The van der Waals surface area contributed by atoms with Crippen LogP contribution in [0.3, 0.4) is 0 Å². The van der Waals surface area contributed by atoms with Crippen molar-refractivity contribution in [2.75, 3.05) is 10.6 Å². The van der Waals surface area contributed by atoms with Crippen LogP contribution in [0.1, 0.15) is 39.7 Å². The van der Waals surface area contributed by atoms with Crippen molar-refractivity contribution in [1.29, 1.82) is 0 Å². The molecule has 0 bridgehead atoms. The second kappa shape index (κ2) is 9.09. The van der Waals surface area contributed by atoms with Crippen LogP contribution in [0.2, 0.25) is 0 Å². The lowest BCUT2D eigenvalue weighted by Gasteiger charge is -2.17. The Morgan fingerprint density at radius 1 is 1.00 bits per heavy atom. The van der Waals surface area contributed by atoms with Crippen molar-refractivity contribution in [3.63, 3.8) is 0 Å². The molecule has 0 saturated heterocycles. The highest BCUT2D eigenvalue weighted by Gasteiger charge is 2.17. The molecule has 2 aromatic carbocycles. The molecule has 2 rings (SSSR count). The summed E-state index contributed by atoms with van der Waals surface area (Å²) in [4.78, 5) is 25.5. The minimum absolute atomic E-state index is 0.00473. The third-order valence-corrected chi connectivity index (χ3v) is 4.87. The van der Waals surface area contributed by atoms with Gasteiger partial charge in [-0.15, -0.1) is 11.8 Å². The molecule has 0 aliphatic rings. The van der Waals surface area contributed by atoms with E-state index < -0.39 is 0 Å². The van der Waals surface area contributed by atoms with Gasteiger partial charge in [0.1, 0.15) is 0 Å². The number of benzene rings is 2. The molecule has 144 valence electrons. The first-order valence-corrected chi connectivity index (χ1v) is 9.94. The van der Waals surface area contributed by atoms with Crippen LogP contribution in [0, 0.1) is 12.3 Å². The molecule has 0 heterocycles. The number of carbonyl (C=O) groups excluding carboxylic acids is 2. The summed E-state index contributed by atoms with van der Waals surface area (Å²) in [5.74, 6) is -0.0531. The van der Waals surface area contributed by atoms with Gasteiger partial charge in [0.05, 0.1) is 5.25 Å². The molecule has 2 aromatic rings. The summed E-state index contributed by atoms with van der Waals surface area (Å²) >= 11 is 1.47. The second-order valence-corrected chi connectivity index (χ2v) is 9.35. The van der Waals surface area contributed by atoms with Crippen molar-refractivity contribution < 1.29 is 9.59 Å². The molecule has 1 unspecified atom stereocenters. The van der Waals surface area contributed by atoms with E-state index in [0.717, 1.165) is 21.8 Å². The van der Waals surface area contributed by atoms with E-state index in [1.54, 1.807) is 0 Å². The largest absolute Gasteiger partial charge is 0.326 e. The van der Waals surface area contributed by atoms with E-state index in [-0.39, 0.29) is 22.5 Å². The van der Waals surface area contributed by atoms with Gasteiger partial charge in [0, 0.05) is 22.7 Å². The summed E-state index contributed by atoms with van der Waals surface area (Å²) in [7, 11) is 0. The van der Waals surface area contributed by atoms with Gasteiger partial charge >= 0.3 is 0 Å². The fourth-order valence-corrected chi connectivity index (χ4v) is 3.48. The lowest BCUT2D eigenvalue weighted by molar-refractivity contribution is -0.118. The predicted molar refractivity (Wildman–Crippen MR) is 114 cm³/mol. The van der Waals surface area contributed by atoms with E-state index in [0.29, 0.717) is 6.42 Å². The van der Waals surface area contributed by atoms with Gasteiger partial charge in [-0.2, -0.15) is 0 Å². The number of nitrogens with one attached hydrogen (secondary N) is 2. The summed E-state index contributed by atoms with van der Waals surface area (Å²) in [5, 5.41) is 5.62. The van der Waals surface area contributed by atoms with E-state index in [9.17, 15) is 9.59 Å². The van der Waals surface area contributed by atoms with Crippen LogP contribution in [-0.4, -0.2) is 17.1 Å². The highest BCUT2D eigenvalue weighted by atomic mass is 32.2. The Morgan fingerprint density at radius 3 is 2.26 bits per heavy atom. The van der Waals surface area contributed by atoms with Gasteiger partial charge in [0.15, 0.2) is 0 Å². The molecule has 4 nitrogen and oxygen atoms in total. The van der Waals surface area contributed by atoms with E-state index >= 15 is 0 Å². The van der Waals surface area contributed by atoms with Gasteiger partial charge in [0.25, 0.3) is 0 Å². The average Bonchev–Trinajstić information content (AvgIpc) is 2.53. The average molecular weight is 385 g/mol. The summed E-state index contributed by atoms with van der Waals surface area (Å²) in [6, 6.07) is 15.3. The molecule has 0 aliphatic heterocycles. The minimum atomic E-state index is -0.258. The van der Waals surface area contributed by atoms with Crippen molar-refractivity contribution in [3.8, 4) is 0 Å². The first-order chi connectivity index (χ1) is 12.6. The zero-order valence-electron chi connectivity index (χ0n) is 16.6. The number of carbonyl (C=O) groups is 2. The van der Waals surface area contributed by atoms with Crippen molar-refractivity contribution in [3.05, 3.63) is 54.1 Å². The summed E-state index contributed by atoms with van der Waals surface area (Å²) in [6.07, 6.45) is 0.458. The fraction of sp³-hybridized carbons (Fsp3) is 0.364. The highest BCUT2D eigenvalue weighted by Crippen LogP contribution is 2.27. The number of amides is 2. The maximum absolute atomic E-state index is 12.4. The normalized spacial score (nSPS) is 12.3. The van der Waals surface area contributed by atoms with Crippen LogP contribution in [0.25, 0.3) is 0 Å². The first kappa shape index (κ1) is 21.0. The van der Waals surface area contributed by atoms with E-state index in [1.165, 1.54) is 11.8 Å². The Morgan fingerprint density at radius 2 is 1.63 bits per heavy atom. The van der Waals surface area contributed by atoms with Crippen molar-refractivity contribution in [2.24, 2.45) is 5.41 Å². The molecule has 0 fully saturated rings. The molecular formula is C22H28N2O2S. The molecule has 2 N–H and O–H groups in total.